The Morgan fingerprint density at radius 1 is 1.25 bits per heavy atom. The molecule has 2 N–H and O–H groups in total. The summed E-state index contributed by atoms with van der Waals surface area (Å²) in [6.07, 6.45) is 6.70. The Hall–Kier alpha value is -2.50. The maximum atomic E-state index is 12.6. The fourth-order valence-corrected chi connectivity index (χ4v) is 3.65. The van der Waals surface area contributed by atoms with Crippen molar-refractivity contribution in [1.29, 1.82) is 0 Å². The summed E-state index contributed by atoms with van der Waals surface area (Å²) in [6.45, 7) is 6.90. The Morgan fingerprint density at radius 2 is 2.00 bits per heavy atom. The molecule has 0 aliphatic heterocycles. The molecule has 0 atom stereocenters. The number of pyridine rings is 1. The molecule has 0 unspecified atom stereocenters. The van der Waals surface area contributed by atoms with Crippen LogP contribution in [-0.4, -0.2) is 40.8 Å². The van der Waals surface area contributed by atoms with Crippen molar-refractivity contribution >= 4 is 22.7 Å². The summed E-state index contributed by atoms with van der Waals surface area (Å²) in [5.74, 6) is 1.32. The largest absolute Gasteiger partial charge is 0.494 e. The van der Waals surface area contributed by atoms with Gasteiger partial charge in [0.1, 0.15) is 17.2 Å². The van der Waals surface area contributed by atoms with Gasteiger partial charge in [-0.3, -0.25) is 0 Å². The van der Waals surface area contributed by atoms with Crippen LogP contribution in [0, 0.1) is 0 Å². The molecule has 1 aromatic carbocycles. The predicted molar refractivity (Wildman–Crippen MR) is 111 cm³/mol. The van der Waals surface area contributed by atoms with Crippen molar-refractivity contribution in [2.45, 2.75) is 64.5 Å². The van der Waals surface area contributed by atoms with Crippen LogP contribution in [0.1, 0.15) is 52.9 Å². The molecule has 6 nitrogen and oxygen atoms in total. The number of benzene rings is 1. The van der Waals surface area contributed by atoms with Gasteiger partial charge in [0, 0.05) is 24.2 Å². The van der Waals surface area contributed by atoms with Crippen LogP contribution in [0.25, 0.3) is 10.8 Å². The van der Waals surface area contributed by atoms with Crippen LogP contribution < -0.4 is 10.5 Å². The number of rotatable bonds is 6. The normalized spacial score (nSPS) is 15.0. The molecule has 1 aliphatic rings. The minimum absolute atomic E-state index is 0.215. The number of amides is 1. The number of carbonyl (C=O) groups excluding carboxylic acids is 1. The highest BCUT2D eigenvalue weighted by Crippen LogP contribution is 2.26. The van der Waals surface area contributed by atoms with Crippen molar-refractivity contribution in [3.8, 4) is 5.75 Å². The Balaban J connectivity index is 1.55. The summed E-state index contributed by atoms with van der Waals surface area (Å²) in [5, 5.41) is 1.93. The second-order valence-electron chi connectivity index (χ2n) is 8.39. The number of nitrogens with zero attached hydrogens (tertiary/aromatic N) is 2. The zero-order chi connectivity index (χ0) is 20.1. The van der Waals surface area contributed by atoms with Gasteiger partial charge in [-0.1, -0.05) is 12.8 Å². The van der Waals surface area contributed by atoms with E-state index in [2.05, 4.69) is 4.98 Å². The van der Waals surface area contributed by atoms with E-state index in [-0.39, 0.29) is 12.1 Å². The van der Waals surface area contributed by atoms with E-state index in [9.17, 15) is 4.79 Å². The molecular weight excluding hydrogens is 354 g/mol. The highest BCUT2D eigenvalue weighted by molar-refractivity contribution is 5.91. The lowest BCUT2D eigenvalue weighted by atomic mass is 10.1. The number of carbonyl (C=O) groups is 1. The second-order valence-corrected chi connectivity index (χ2v) is 8.39. The summed E-state index contributed by atoms with van der Waals surface area (Å²) < 4.78 is 11.5. The molecule has 6 heteroatoms. The minimum atomic E-state index is -0.480. The average molecular weight is 386 g/mol. The van der Waals surface area contributed by atoms with Crippen LogP contribution in [0.4, 0.5) is 10.6 Å². The third kappa shape index (κ3) is 5.27. The molecular formula is C22H31N3O3. The molecule has 0 saturated heterocycles. The number of fused-ring (bicyclic) bond motifs is 1. The number of hydrogen-bond donors (Lipinski definition) is 1. The van der Waals surface area contributed by atoms with Crippen LogP contribution >= 0.6 is 0 Å². The number of hydrogen-bond acceptors (Lipinski definition) is 5. The van der Waals surface area contributed by atoms with E-state index in [0.29, 0.717) is 19.0 Å². The molecule has 1 heterocycles. The fourth-order valence-electron chi connectivity index (χ4n) is 3.65. The molecule has 1 aromatic heterocycles. The quantitative estimate of drug-likeness (QED) is 0.725. The lowest BCUT2D eigenvalue weighted by Gasteiger charge is -2.31. The van der Waals surface area contributed by atoms with Crippen LogP contribution in [0.5, 0.6) is 5.75 Å². The van der Waals surface area contributed by atoms with Gasteiger partial charge in [0.25, 0.3) is 0 Å². The SMILES string of the molecule is CC(C)(C)OC(=O)N(CCCOc1ccc2c(N)nccc2c1)C1CCCC1. The molecule has 1 saturated carbocycles. The van der Waals surface area contributed by atoms with Gasteiger partial charge < -0.3 is 20.1 Å². The van der Waals surface area contributed by atoms with Crippen molar-refractivity contribution in [3.63, 3.8) is 0 Å². The van der Waals surface area contributed by atoms with Gasteiger partial charge >= 0.3 is 6.09 Å². The van der Waals surface area contributed by atoms with Gasteiger partial charge in [-0.2, -0.15) is 0 Å². The summed E-state index contributed by atoms with van der Waals surface area (Å²) >= 11 is 0. The molecule has 3 rings (SSSR count). The van der Waals surface area contributed by atoms with Gasteiger partial charge in [0.05, 0.1) is 6.61 Å². The monoisotopic (exact) mass is 385 g/mol. The molecule has 0 spiro atoms. The number of anilines is 1. The highest BCUT2D eigenvalue weighted by atomic mass is 16.6. The van der Waals surface area contributed by atoms with E-state index in [0.717, 1.165) is 35.8 Å². The van der Waals surface area contributed by atoms with E-state index in [4.69, 9.17) is 15.2 Å². The van der Waals surface area contributed by atoms with Crippen LogP contribution in [0.15, 0.2) is 30.5 Å². The van der Waals surface area contributed by atoms with Crippen LogP contribution in [-0.2, 0) is 4.74 Å². The molecule has 2 aromatic rings. The predicted octanol–water partition coefficient (Wildman–Crippen LogP) is 4.77. The standard InChI is InChI=1S/C22H31N3O3/c1-22(2,3)28-21(26)25(17-7-4-5-8-17)13-6-14-27-18-9-10-19-16(15-18)11-12-24-20(19)23/h9-12,15,17H,4-8,13-14H2,1-3H3,(H2,23,24). The first kappa shape index (κ1) is 20.2. The zero-order valence-corrected chi connectivity index (χ0v) is 17.1. The van der Waals surface area contributed by atoms with Crippen LogP contribution in [0.2, 0.25) is 0 Å². The molecule has 1 aliphatic carbocycles. The highest BCUT2D eigenvalue weighted by Gasteiger charge is 2.29. The minimum Gasteiger partial charge on any atom is -0.494 e. The van der Waals surface area contributed by atoms with E-state index >= 15 is 0 Å². The van der Waals surface area contributed by atoms with Gasteiger partial charge in [-0.15, -0.1) is 0 Å². The van der Waals surface area contributed by atoms with Crippen molar-refractivity contribution in [2.24, 2.45) is 0 Å². The summed E-state index contributed by atoms with van der Waals surface area (Å²) in [5.41, 5.74) is 5.41. The summed E-state index contributed by atoms with van der Waals surface area (Å²) in [7, 11) is 0. The van der Waals surface area contributed by atoms with Crippen molar-refractivity contribution in [1.82, 2.24) is 9.88 Å². The summed E-state index contributed by atoms with van der Waals surface area (Å²) in [4.78, 5) is 18.6. The molecule has 1 amide bonds. The molecule has 0 radical (unpaired) electrons. The lowest BCUT2D eigenvalue weighted by molar-refractivity contribution is 0.0156. The number of aromatic nitrogens is 1. The smallest absolute Gasteiger partial charge is 0.410 e. The Kier molecular flexibility index (Phi) is 6.27. The van der Waals surface area contributed by atoms with Crippen molar-refractivity contribution in [2.75, 3.05) is 18.9 Å². The van der Waals surface area contributed by atoms with Gasteiger partial charge in [0.2, 0.25) is 0 Å². The number of nitrogens with two attached hydrogens (primary N) is 1. The van der Waals surface area contributed by atoms with Crippen molar-refractivity contribution < 1.29 is 14.3 Å². The fraction of sp³-hybridized carbons (Fsp3) is 0.545. The molecule has 0 bridgehead atoms. The van der Waals surface area contributed by atoms with E-state index < -0.39 is 5.60 Å². The van der Waals surface area contributed by atoms with E-state index in [1.54, 1.807) is 6.20 Å². The average Bonchev–Trinajstić information content (AvgIpc) is 3.14. The van der Waals surface area contributed by atoms with Crippen LogP contribution in [0.3, 0.4) is 0 Å². The summed E-state index contributed by atoms with van der Waals surface area (Å²) in [6, 6.07) is 8.01. The Labute approximate surface area is 167 Å². The second kappa shape index (κ2) is 8.67. The third-order valence-electron chi connectivity index (χ3n) is 4.97. The topological polar surface area (TPSA) is 77.7 Å². The van der Waals surface area contributed by atoms with E-state index in [1.165, 1.54) is 12.8 Å². The maximum Gasteiger partial charge on any atom is 0.410 e. The molecule has 1 fully saturated rings. The Bertz CT molecular complexity index is 810. The zero-order valence-electron chi connectivity index (χ0n) is 17.1. The number of nitrogen functional groups attached to an aromatic ring is 1. The van der Waals surface area contributed by atoms with Gasteiger partial charge in [0.15, 0.2) is 0 Å². The van der Waals surface area contributed by atoms with E-state index in [1.807, 2.05) is 49.9 Å². The first-order valence-corrected chi connectivity index (χ1v) is 10.1. The first-order chi connectivity index (χ1) is 13.3. The molecule has 152 valence electrons. The lowest BCUT2D eigenvalue weighted by Crippen LogP contribution is -2.43. The third-order valence-corrected chi connectivity index (χ3v) is 4.97. The molecule has 28 heavy (non-hydrogen) atoms. The Morgan fingerprint density at radius 3 is 2.71 bits per heavy atom. The van der Waals surface area contributed by atoms with Gasteiger partial charge in [-0.25, -0.2) is 9.78 Å². The number of ether oxygens (including phenoxy) is 2. The maximum absolute atomic E-state index is 12.6. The van der Waals surface area contributed by atoms with Gasteiger partial charge in [-0.05, 0) is 69.7 Å². The first-order valence-electron chi connectivity index (χ1n) is 10.1. The van der Waals surface area contributed by atoms with Crippen molar-refractivity contribution in [3.05, 3.63) is 30.5 Å².